The van der Waals surface area contributed by atoms with Gasteiger partial charge in [0.2, 0.25) is 0 Å². The Bertz CT molecular complexity index is 1300. The number of hydrogen-bond donors (Lipinski definition) is 0. The number of carbonyl (C=O) groups excluding carboxylic acids is 1. The lowest BCUT2D eigenvalue weighted by Gasteiger charge is -2.15. The number of thioether (sulfide) groups is 1. The van der Waals surface area contributed by atoms with E-state index in [9.17, 15) is 4.79 Å². The molecule has 9 heteroatoms. The van der Waals surface area contributed by atoms with Crippen LogP contribution in [0.1, 0.15) is 19.4 Å². The van der Waals surface area contributed by atoms with Crippen LogP contribution in [0.15, 0.2) is 75.0 Å². The fraction of sp³-hybridized carbons (Fsp3) is 0.154. The maximum atomic E-state index is 13.5. The molecule has 0 unspecified atom stereocenters. The smallest absolute Gasteiger partial charge is 0.271 e. The highest BCUT2D eigenvalue weighted by atomic mass is 79.9. The highest BCUT2D eigenvalue weighted by molar-refractivity contribution is 9.10. The van der Waals surface area contributed by atoms with Crippen molar-refractivity contribution in [2.24, 2.45) is 4.99 Å². The molecule has 0 N–H and O–H groups in total. The summed E-state index contributed by atoms with van der Waals surface area (Å²) in [5.41, 5.74) is 2.15. The summed E-state index contributed by atoms with van der Waals surface area (Å²) in [6.07, 6.45) is 1.82. The van der Waals surface area contributed by atoms with Gasteiger partial charge in [0.05, 0.1) is 34.0 Å². The lowest BCUT2D eigenvalue weighted by molar-refractivity contribution is -0.113. The SMILES string of the molecule is CCOc1cc(/C=C2\SC(=Nc3ccc(Cl)cc3)N(c3ccc(Cl)cc3)C2=O)cc(Br)c1OCC. The van der Waals surface area contributed by atoms with E-state index in [1.54, 1.807) is 53.4 Å². The Morgan fingerprint density at radius 1 is 0.971 bits per heavy atom. The molecule has 35 heavy (non-hydrogen) atoms. The van der Waals surface area contributed by atoms with Crippen molar-refractivity contribution < 1.29 is 14.3 Å². The molecule has 1 saturated heterocycles. The van der Waals surface area contributed by atoms with Gasteiger partial charge in [-0.15, -0.1) is 0 Å². The van der Waals surface area contributed by atoms with Crippen molar-refractivity contribution in [3.05, 3.63) is 85.7 Å². The standard InChI is InChI=1S/C26H21BrCl2N2O3S/c1-3-33-22-14-16(13-21(27)24(22)34-4-2)15-23-25(32)31(20-11-7-18(29)8-12-20)26(35-23)30-19-9-5-17(28)6-10-19/h5-15H,3-4H2,1-2H3/b23-15-,30-26?. The zero-order valence-electron chi connectivity index (χ0n) is 18.9. The first-order chi connectivity index (χ1) is 16.9. The molecule has 5 nitrogen and oxygen atoms in total. The van der Waals surface area contributed by atoms with Gasteiger partial charge in [0.1, 0.15) is 0 Å². The third-order valence-electron chi connectivity index (χ3n) is 4.86. The number of nitrogens with zero attached hydrogens (tertiary/aromatic N) is 2. The second kappa shape index (κ2) is 11.5. The Morgan fingerprint density at radius 3 is 2.23 bits per heavy atom. The van der Waals surface area contributed by atoms with Gasteiger partial charge in [-0.1, -0.05) is 23.2 Å². The Morgan fingerprint density at radius 2 is 1.60 bits per heavy atom. The largest absolute Gasteiger partial charge is 0.490 e. The summed E-state index contributed by atoms with van der Waals surface area (Å²) in [5.74, 6) is 1.05. The first-order valence-corrected chi connectivity index (χ1v) is 13.2. The molecule has 1 fully saturated rings. The van der Waals surface area contributed by atoms with Crippen LogP contribution in [0.25, 0.3) is 6.08 Å². The zero-order chi connectivity index (χ0) is 24.9. The van der Waals surface area contributed by atoms with E-state index < -0.39 is 0 Å². The first-order valence-electron chi connectivity index (χ1n) is 10.8. The molecule has 0 radical (unpaired) electrons. The Kier molecular flexibility index (Phi) is 8.44. The minimum absolute atomic E-state index is 0.187. The van der Waals surface area contributed by atoms with Crippen molar-refractivity contribution >= 4 is 79.4 Å². The van der Waals surface area contributed by atoms with Gasteiger partial charge in [-0.05, 0) is 114 Å². The molecule has 1 aliphatic heterocycles. The van der Waals surface area contributed by atoms with Gasteiger partial charge in [-0.25, -0.2) is 4.99 Å². The second-order valence-corrected chi connectivity index (χ2v) is 10.0. The highest BCUT2D eigenvalue weighted by Gasteiger charge is 2.35. The van der Waals surface area contributed by atoms with Gasteiger partial charge < -0.3 is 9.47 Å². The van der Waals surface area contributed by atoms with E-state index in [4.69, 9.17) is 37.7 Å². The molecule has 1 heterocycles. The van der Waals surface area contributed by atoms with Crippen LogP contribution in [0, 0.1) is 0 Å². The summed E-state index contributed by atoms with van der Waals surface area (Å²) < 4.78 is 12.3. The summed E-state index contributed by atoms with van der Waals surface area (Å²) in [6.45, 7) is 4.82. The summed E-state index contributed by atoms with van der Waals surface area (Å²) in [4.78, 5) is 20.4. The number of halogens is 3. The summed E-state index contributed by atoms with van der Waals surface area (Å²) >= 11 is 17.0. The van der Waals surface area contributed by atoms with Crippen molar-refractivity contribution in [3.8, 4) is 11.5 Å². The molecule has 3 aromatic rings. The first kappa shape index (κ1) is 25.6. The molecule has 1 aliphatic rings. The molecule has 0 saturated carbocycles. The molecule has 1 amide bonds. The molecule has 0 spiro atoms. The van der Waals surface area contributed by atoms with Crippen LogP contribution in [0.3, 0.4) is 0 Å². The normalized spacial score (nSPS) is 15.8. The van der Waals surface area contributed by atoms with Crippen LogP contribution in [0.4, 0.5) is 11.4 Å². The predicted molar refractivity (Wildman–Crippen MR) is 150 cm³/mol. The van der Waals surface area contributed by atoms with E-state index in [1.807, 2.05) is 32.1 Å². The fourth-order valence-corrected chi connectivity index (χ4v) is 5.19. The van der Waals surface area contributed by atoms with E-state index in [-0.39, 0.29) is 5.91 Å². The number of aliphatic imine (C=N–C) groups is 1. The number of rotatable bonds is 7. The summed E-state index contributed by atoms with van der Waals surface area (Å²) in [7, 11) is 0. The second-order valence-electron chi connectivity index (χ2n) is 7.29. The van der Waals surface area contributed by atoms with Gasteiger partial charge in [0.15, 0.2) is 16.7 Å². The number of amidine groups is 1. The third-order valence-corrected chi connectivity index (χ3v) is 6.92. The molecule has 0 aliphatic carbocycles. The van der Waals surface area contributed by atoms with Crippen molar-refractivity contribution in [1.29, 1.82) is 0 Å². The molecular weight excluding hydrogens is 571 g/mol. The number of hydrogen-bond acceptors (Lipinski definition) is 5. The monoisotopic (exact) mass is 590 g/mol. The van der Waals surface area contributed by atoms with Crippen LogP contribution in [-0.4, -0.2) is 24.3 Å². The maximum absolute atomic E-state index is 13.5. The zero-order valence-corrected chi connectivity index (χ0v) is 22.8. The van der Waals surface area contributed by atoms with Crippen molar-refractivity contribution in [2.45, 2.75) is 13.8 Å². The van der Waals surface area contributed by atoms with Gasteiger partial charge in [0, 0.05) is 10.0 Å². The topological polar surface area (TPSA) is 51.1 Å². The third kappa shape index (κ3) is 6.04. The van der Waals surface area contributed by atoms with Crippen molar-refractivity contribution in [1.82, 2.24) is 0 Å². The average Bonchev–Trinajstić information content (AvgIpc) is 3.13. The Balaban J connectivity index is 1.76. The van der Waals surface area contributed by atoms with E-state index in [0.717, 1.165) is 10.0 Å². The molecule has 0 aromatic heterocycles. The molecule has 0 atom stereocenters. The van der Waals surface area contributed by atoms with Crippen LogP contribution in [0.5, 0.6) is 11.5 Å². The maximum Gasteiger partial charge on any atom is 0.271 e. The van der Waals surface area contributed by atoms with Gasteiger partial charge in [-0.3, -0.25) is 9.69 Å². The molecular formula is C26H21BrCl2N2O3S. The van der Waals surface area contributed by atoms with Gasteiger partial charge >= 0.3 is 0 Å². The van der Waals surface area contributed by atoms with E-state index >= 15 is 0 Å². The number of amides is 1. The average molecular weight is 592 g/mol. The lowest BCUT2D eigenvalue weighted by Crippen LogP contribution is -2.28. The lowest BCUT2D eigenvalue weighted by atomic mass is 10.1. The van der Waals surface area contributed by atoms with Gasteiger partial charge in [-0.2, -0.15) is 0 Å². The number of benzene rings is 3. The van der Waals surface area contributed by atoms with E-state index in [0.29, 0.717) is 56.2 Å². The van der Waals surface area contributed by atoms with Crippen LogP contribution in [0.2, 0.25) is 10.0 Å². The van der Waals surface area contributed by atoms with Crippen molar-refractivity contribution in [2.75, 3.05) is 18.1 Å². The molecule has 4 rings (SSSR count). The summed E-state index contributed by atoms with van der Waals surface area (Å²) in [6, 6.07) is 18.0. The number of carbonyl (C=O) groups is 1. The Hall–Kier alpha value is -2.45. The van der Waals surface area contributed by atoms with Crippen LogP contribution in [-0.2, 0) is 4.79 Å². The molecule has 3 aromatic carbocycles. The van der Waals surface area contributed by atoms with E-state index in [1.165, 1.54) is 11.8 Å². The quantitative estimate of drug-likeness (QED) is 0.259. The highest BCUT2D eigenvalue weighted by Crippen LogP contribution is 2.41. The minimum atomic E-state index is -0.187. The van der Waals surface area contributed by atoms with Crippen LogP contribution < -0.4 is 14.4 Å². The molecule has 180 valence electrons. The van der Waals surface area contributed by atoms with Crippen LogP contribution >= 0.6 is 50.9 Å². The minimum Gasteiger partial charge on any atom is -0.490 e. The molecule has 0 bridgehead atoms. The summed E-state index contributed by atoms with van der Waals surface area (Å²) in [5, 5.41) is 1.73. The van der Waals surface area contributed by atoms with Gasteiger partial charge in [0.25, 0.3) is 5.91 Å². The Labute approximate surface area is 226 Å². The number of anilines is 1. The van der Waals surface area contributed by atoms with Crippen molar-refractivity contribution in [3.63, 3.8) is 0 Å². The predicted octanol–water partition coefficient (Wildman–Crippen LogP) is 8.36. The van der Waals surface area contributed by atoms with E-state index in [2.05, 4.69) is 15.9 Å². The fourth-order valence-electron chi connectivity index (χ4n) is 3.36. The number of ether oxygens (including phenoxy) is 2.